The van der Waals surface area contributed by atoms with Crippen LogP contribution in [0.3, 0.4) is 0 Å². The highest BCUT2D eigenvalue weighted by molar-refractivity contribution is 5.94. The number of carbonyl (C=O) groups excluding carboxylic acids is 1. The first-order chi connectivity index (χ1) is 10.6. The molecule has 1 saturated heterocycles. The SMILES string of the molecule is O=C(O)C1CCN(C(=O)c2ccc(OCC3CC3)cc2)CC1. The summed E-state index contributed by atoms with van der Waals surface area (Å²) in [6, 6.07) is 7.24. The van der Waals surface area contributed by atoms with Crippen molar-refractivity contribution in [1.82, 2.24) is 4.90 Å². The van der Waals surface area contributed by atoms with Crippen LogP contribution in [-0.2, 0) is 4.79 Å². The minimum atomic E-state index is -0.760. The van der Waals surface area contributed by atoms with Crippen molar-refractivity contribution in [2.75, 3.05) is 19.7 Å². The summed E-state index contributed by atoms with van der Waals surface area (Å²) in [5, 5.41) is 8.99. The molecule has 1 saturated carbocycles. The molecule has 2 aliphatic rings. The molecule has 5 heteroatoms. The van der Waals surface area contributed by atoms with Gasteiger partial charge in [0.25, 0.3) is 5.91 Å². The summed E-state index contributed by atoms with van der Waals surface area (Å²) < 4.78 is 5.66. The smallest absolute Gasteiger partial charge is 0.306 e. The van der Waals surface area contributed by atoms with Crippen LogP contribution in [0.5, 0.6) is 5.75 Å². The lowest BCUT2D eigenvalue weighted by atomic mass is 9.96. The number of aliphatic carboxylic acids is 1. The third-order valence-electron chi connectivity index (χ3n) is 4.42. The average molecular weight is 303 g/mol. The van der Waals surface area contributed by atoms with Crippen LogP contribution < -0.4 is 4.74 Å². The largest absolute Gasteiger partial charge is 0.493 e. The lowest BCUT2D eigenvalue weighted by Crippen LogP contribution is -2.40. The summed E-state index contributed by atoms with van der Waals surface area (Å²) in [7, 11) is 0. The van der Waals surface area contributed by atoms with Crippen LogP contribution in [0, 0.1) is 11.8 Å². The molecule has 2 fully saturated rings. The number of benzene rings is 1. The van der Waals surface area contributed by atoms with Crippen molar-refractivity contribution in [3.8, 4) is 5.75 Å². The van der Waals surface area contributed by atoms with E-state index in [4.69, 9.17) is 9.84 Å². The van der Waals surface area contributed by atoms with E-state index in [1.807, 2.05) is 12.1 Å². The number of hydrogen-bond donors (Lipinski definition) is 1. The zero-order chi connectivity index (χ0) is 15.5. The summed E-state index contributed by atoms with van der Waals surface area (Å²) in [6.07, 6.45) is 3.57. The van der Waals surface area contributed by atoms with E-state index in [9.17, 15) is 9.59 Å². The number of likely N-dealkylation sites (tertiary alicyclic amines) is 1. The van der Waals surface area contributed by atoms with Gasteiger partial charge in [0.05, 0.1) is 12.5 Å². The summed E-state index contributed by atoms with van der Waals surface area (Å²) in [5.41, 5.74) is 0.632. The summed E-state index contributed by atoms with van der Waals surface area (Å²) in [4.78, 5) is 25.1. The van der Waals surface area contributed by atoms with Gasteiger partial charge in [-0.25, -0.2) is 0 Å². The standard InChI is InChI=1S/C17H21NO4/c19-16(18-9-7-14(8-10-18)17(20)21)13-3-5-15(6-4-13)22-11-12-1-2-12/h3-6,12,14H,1-2,7-11H2,(H,20,21). The second-order valence-electron chi connectivity index (χ2n) is 6.18. The van der Waals surface area contributed by atoms with E-state index in [1.165, 1.54) is 12.8 Å². The van der Waals surface area contributed by atoms with Gasteiger partial charge in [0.2, 0.25) is 0 Å². The van der Waals surface area contributed by atoms with Crippen molar-refractivity contribution < 1.29 is 19.4 Å². The highest BCUT2D eigenvalue weighted by Crippen LogP contribution is 2.29. The topological polar surface area (TPSA) is 66.8 Å². The molecule has 1 N–H and O–H groups in total. The fourth-order valence-corrected chi connectivity index (χ4v) is 2.70. The second-order valence-corrected chi connectivity index (χ2v) is 6.18. The minimum Gasteiger partial charge on any atom is -0.493 e. The van der Waals surface area contributed by atoms with Crippen molar-refractivity contribution in [3.63, 3.8) is 0 Å². The number of carbonyl (C=O) groups is 2. The van der Waals surface area contributed by atoms with Gasteiger partial charge in [0.15, 0.2) is 0 Å². The zero-order valence-electron chi connectivity index (χ0n) is 12.5. The number of carboxylic acid groups (broad SMARTS) is 1. The number of nitrogens with zero attached hydrogens (tertiary/aromatic N) is 1. The maximum atomic E-state index is 12.4. The first-order valence-electron chi connectivity index (χ1n) is 7.88. The maximum Gasteiger partial charge on any atom is 0.306 e. The molecule has 3 rings (SSSR count). The molecule has 1 aromatic rings. The van der Waals surface area contributed by atoms with Gasteiger partial charge < -0.3 is 14.7 Å². The number of piperidine rings is 1. The Hall–Kier alpha value is -2.04. The van der Waals surface area contributed by atoms with E-state index in [0.29, 0.717) is 37.4 Å². The van der Waals surface area contributed by atoms with Gasteiger partial charge in [0.1, 0.15) is 5.75 Å². The van der Waals surface area contributed by atoms with Gasteiger partial charge in [0, 0.05) is 18.7 Å². The molecule has 22 heavy (non-hydrogen) atoms. The molecule has 1 aliphatic carbocycles. The maximum absolute atomic E-state index is 12.4. The fourth-order valence-electron chi connectivity index (χ4n) is 2.70. The van der Waals surface area contributed by atoms with Gasteiger partial charge in [-0.15, -0.1) is 0 Å². The van der Waals surface area contributed by atoms with Crippen LogP contribution in [0.15, 0.2) is 24.3 Å². The molecule has 0 bridgehead atoms. The Labute approximate surface area is 129 Å². The van der Waals surface area contributed by atoms with Gasteiger partial charge in [-0.05, 0) is 55.9 Å². The number of ether oxygens (including phenoxy) is 1. The van der Waals surface area contributed by atoms with Crippen LogP contribution in [0.25, 0.3) is 0 Å². The molecule has 1 amide bonds. The molecule has 0 atom stereocenters. The number of hydrogen-bond acceptors (Lipinski definition) is 3. The molecule has 118 valence electrons. The van der Waals surface area contributed by atoms with E-state index >= 15 is 0 Å². The Morgan fingerprint density at radius 2 is 1.73 bits per heavy atom. The van der Waals surface area contributed by atoms with E-state index in [2.05, 4.69) is 0 Å². The average Bonchev–Trinajstić information content (AvgIpc) is 3.37. The molecule has 1 heterocycles. The van der Waals surface area contributed by atoms with E-state index < -0.39 is 5.97 Å². The Morgan fingerprint density at radius 3 is 2.27 bits per heavy atom. The van der Waals surface area contributed by atoms with Gasteiger partial charge in [-0.3, -0.25) is 9.59 Å². The lowest BCUT2D eigenvalue weighted by Gasteiger charge is -2.30. The fraction of sp³-hybridized carbons (Fsp3) is 0.529. The number of carboxylic acids is 1. The monoisotopic (exact) mass is 303 g/mol. The first-order valence-corrected chi connectivity index (χ1v) is 7.88. The lowest BCUT2D eigenvalue weighted by molar-refractivity contribution is -0.143. The Kier molecular flexibility index (Phi) is 4.32. The molecule has 0 aromatic heterocycles. The van der Waals surface area contributed by atoms with E-state index in [-0.39, 0.29) is 11.8 Å². The van der Waals surface area contributed by atoms with Crippen LogP contribution in [0.4, 0.5) is 0 Å². The molecule has 0 spiro atoms. The third-order valence-corrected chi connectivity index (χ3v) is 4.42. The van der Waals surface area contributed by atoms with Gasteiger partial charge in [-0.1, -0.05) is 0 Å². The molecule has 1 aliphatic heterocycles. The van der Waals surface area contributed by atoms with Crippen LogP contribution >= 0.6 is 0 Å². The molecule has 0 unspecified atom stereocenters. The second kappa shape index (κ2) is 6.38. The summed E-state index contributed by atoms with van der Waals surface area (Å²) in [6.45, 7) is 1.78. The highest BCUT2D eigenvalue weighted by atomic mass is 16.5. The van der Waals surface area contributed by atoms with Crippen molar-refractivity contribution in [3.05, 3.63) is 29.8 Å². The summed E-state index contributed by atoms with van der Waals surface area (Å²) in [5.74, 6) is 0.397. The van der Waals surface area contributed by atoms with Crippen LogP contribution in [-0.4, -0.2) is 41.6 Å². The molecule has 1 aromatic carbocycles. The number of rotatable bonds is 5. The van der Waals surface area contributed by atoms with Crippen molar-refractivity contribution in [2.24, 2.45) is 11.8 Å². The van der Waals surface area contributed by atoms with Gasteiger partial charge in [-0.2, -0.15) is 0 Å². The normalized spacial score (nSPS) is 19.0. The molecule has 0 radical (unpaired) electrons. The molecular formula is C17H21NO4. The first kappa shape index (κ1) is 14.9. The van der Waals surface area contributed by atoms with Crippen molar-refractivity contribution in [2.45, 2.75) is 25.7 Å². The Balaban J connectivity index is 1.54. The van der Waals surface area contributed by atoms with Crippen LogP contribution in [0.1, 0.15) is 36.0 Å². The van der Waals surface area contributed by atoms with E-state index in [1.54, 1.807) is 17.0 Å². The summed E-state index contributed by atoms with van der Waals surface area (Å²) >= 11 is 0. The third kappa shape index (κ3) is 3.59. The highest BCUT2D eigenvalue weighted by Gasteiger charge is 2.27. The van der Waals surface area contributed by atoms with E-state index in [0.717, 1.165) is 12.4 Å². The Morgan fingerprint density at radius 1 is 1.09 bits per heavy atom. The molecular weight excluding hydrogens is 282 g/mol. The predicted molar refractivity (Wildman–Crippen MR) is 80.9 cm³/mol. The Bertz CT molecular complexity index is 542. The van der Waals surface area contributed by atoms with Crippen LogP contribution in [0.2, 0.25) is 0 Å². The predicted octanol–water partition coefficient (Wildman–Crippen LogP) is 2.41. The van der Waals surface area contributed by atoms with Crippen molar-refractivity contribution in [1.29, 1.82) is 0 Å². The quantitative estimate of drug-likeness (QED) is 0.907. The van der Waals surface area contributed by atoms with Crippen molar-refractivity contribution >= 4 is 11.9 Å². The molecule has 5 nitrogen and oxygen atoms in total. The minimum absolute atomic E-state index is 0.0300. The number of amides is 1. The van der Waals surface area contributed by atoms with Gasteiger partial charge >= 0.3 is 5.97 Å². The zero-order valence-corrected chi connectivity index (χ0v) is 12.5.